The first-order valence-corrected chi connectivity index (χ1v) is 8.25. The van der Waals surface area contributed by atoms with E-state index < -0.39 is 17.7 Å². The molecular formula is C17H21F3N2O2. The Balaban J connectivity index is 1.51. The Morgan fingerprint density at radius 1 is 1.46 bits per heavy atom. The summed E-state index contributed by atoms with van der Waals surface area (Å²) in [5.41, 5.74) is -0.474. The monoisotopic (exact) mass is 342 g/mol. The van der Waals surface area contributed by atoms with E-state index >= 15 is 0 Å². The van der Waals surface area contributed by atoms with E-state index in [1.165, 1.54) is 0 Å². The first-order chi connectivity index (χ1) is 11.3. The Morgan fingerprint density at radius 2 is 2.25 bits per heavy atom. The fourth-order valence-electron chi connectivity index (χ4n) is 3.61. The number of amides is 1. The molecule has 1 amide bonds. The number of alkyl halides is 3. The molecule has 2 aliphatic carbocycles. The van der Waals surface area contributed by atoms with E-state index in [0.29, 0.717) is 12.8 Å². The van der Waals surface area contributed by atoms with E-state index in [2.05, 4.69) is 10.3 Å². The molecule has 4 atom stereocenters. The molecule has 24 heavy (non-hydrogen) atoms. The maximum atomic E-state index is 12.9. The summed E-state index contributed by atoms with van der Waals surface area (Å²) in [6.45, 7) is -0.116. The molecule has 0 bridgehead atoms. The molecule has 0 unspecified atom stereocenters. The van der Waals surface area contributed by atoms with Gasteiger partial charge in [0.2, 0.25) is 5.91 Å². The van der Waals surface area contributed by atoms with Crippen molar-refractivity contribution in [2.24, 2.45) is 11.8 Å². The molecule has 0 aliphatic heterocycles. The van der Waals surface area contributed by atoms with E-state index in [-0.39, 0.29) is 43.6 Å². The molecule has 0 saturated heterocycles. The van der Waals surface area contributed by atoms with Gasteiger partial charge in [-0.05, 0) is 49.7 Å². The number of pyridine rings is 1. The van der Waals surface area contributed by atoms with Gasteiger partial charge in [-0.3, -0.25) is 9.78 Å². The SMILES string of the molecule is O=C(NC[C@@]1(O)CCC[C@H](C(F)(F)F)C1)[C@@H]1C[C@H]1c1cccnc1. The van der Waals surface area contributed by atoms with E-state index in [1.54, 1.807) is 12.4 Å². The van der Waals surface area contributed by atoms with Crippen LogP contribution in [0.15, 0.2) is 24.5 Å². The maximum Gasteiger partial charge on any atom is 0.391 e. The Hall–Kier alpha value is -1.63. The zero-order valence-corrected chi connectivity index (χ0v) is 13.2. The van der Waals surface area contributed by atoms with Gasteiger partial charge in [0, 0.05) is 24.9 Å². The Kier molecular flexibility index (Phi) is 4.55. The molecule has 132 valence electrons. The summed E-state index contributed by atoms with van der Waals surface area (Å²) in [5, 5.41) is 13.1. The van der Waals surface area contributed by atoms with Gasteiger partial charge in [0.25, 0.3) is 0 Å². The number of nitrogens with zero attached hydrogens (tertiary/aromatic N) is 1. The topological polar surface area (TPSA) is 62.2 Å². The average molecular weight is 342 g/mol. The second-order valence-electron chi connectivity index (χ2n) is 7.01. The smallest absolute Gasteiger partial charge is 0.388 e. The molecule has 1 heterocycles. The van der Waals surface area contributed by atoms with Gasteiger partial charge in [-0.2, -0.15) is 13.2 Å². The summed E-state index contributed by atoms with van der Waals surface area (Å²) in [4.78, 5) is 16.2. The van der Waals surface area contributed by atoms with Crippen LogP contribution in [0.2, 0.25) is 0 Å². The van der Waals surface area contributed by atoms with Crippen molar-refractivity contribution in [1.29, 1.82) is 0 Å². The zero-order chi connectivity index (χ0) is 17.4. The van der Waals surface area contributed by atoms with Crippen LogP contribution in [-0.4, -0.2) is 34.3 Å². The summed E-state index contributed by atoms with van der Waals surface area (Å²) in [6, 6.07) is 3.72. The normalized spacial score (nSPS) is 33.1. The number of nitrogens with one attached hydrogen (secondary N) is 1. The first kappa shape index (κ1) is 17.2. The van der Waals surface area contributed by atoms with E-state index in [4.69, 9.17) is 0 Å². The van der Waals surface area contributed by atoms with Crippen molar-refractivity contribution in [3.63, 3.8) is 0 Å². The number of aliphatic hydroxyl groups is 1. The van der Waals surface area contributed by atoms with E-state index in [0.717, 1.165) is 5.56 Å². The van der Waals surface area contributed by atoms with Crippen molar-refractivity contribution < 1.29 is 23.1 Å². The molecule has 3 rings (SSSR count). The Labute approximate surface area is 138 Å². The predicted molar refractivity (Wildman–Crippen MR) is 81.1 cm³/mol. The summed E-state index contributed by atoms with van der Waals surface area (Å²) in [5.74, 6) is -1.76. The van der Waals surface area contributed by atoms with Crippen LogP contribution in [-0.2, 0) is 4.79 Å². The van der Waals surface area contributed by atoms with Crippen molar-refractivity contribution in [1.82, 2.24) is 10.3 Å². The largest absolute Gasteiger partial charge is 0.391 e. The van der Waals surface area contributed by atoms with Crippen molar-refractivity contribution >= 4 is 5.91 Å². The van der Waals surface area contributed by atoms with Crippen molar-refractivity contribution in [2.45, 2.75) is 49.8 Å². The number of halogens is 3. The molecule has 1 aromatic rings. The molecular weight excluding hydrogens is 321 g/mol. The molecule has 2 saturated carbocycles. The Morgan fingerprint density at radius 3 is 2.92 bits per heavy atom. The molecule has 2 aliphatic rings. The summed E-state index contributed by atoms with van der Waals surface area (Å²) < 4.78 is 38.6. The summed E-state index contributed by atoms with van der Waals surface area (Å²) in [6.07, 6.45) is 0.117. The summed E-state index contributed by atoms with van der Waals surface area (Å²) >= 11 is 0. The zero-order valence-electron chi connectivity index (χ0n) is 13.2. The van der Waals surface area contributed by atoms with Crippen LogP contribution in [0, 0.1) is 11.8 Å². The maximum absolute atomic E-state index is 12.9. The van der Waals surface area contributed by atoms with E-state index in [9.17, 15) is 23.1 Å². The molecule has 4 nitrogen and oxygen atoms in total. The lowest BCUT2D eigenvalue weighted by Gasteiger charge is -2.37. The van der Waals surface area contributed by atoms with Gasteiger partial charge in [-0.1, -0.05) is 6.07 Å². The van der Waals surface area contributed by atoms with Gasteiger partial charge in [0.1, 0.15) is 0 Å². The minimum Gasteiger partial charge on any atom is -0.388 e. The second-order valence-corrected chi connectivity index (χ2v) is 7.01. The van der Waals surface area contributed by atoms with Crippen LogP contribution in [0.4, 0.5) is 13.2 Å². The Bertz CT molecular complexity index is 593. The van der Waals surface area contributed by atoms with Crippen molar-refractivity contribution in [3.05, 3.63) is 30.1 Å². The standard InChI is InChI=1S/C17H21F3N2O2/c18-17(19,20)12-4-1-5-16(24,8-12)10-22-15(23)14-7-13(14)11-3-2-6-21-9-11/h2-3,6,9,12-14,24H,1,4-5,7-8,10H2,(H,22,23)/t12-,13-,14+,16+/m0/s1. The number of carbonyl (C=O) groups is 1. The second kappa shape index (κ2) is 6.35. The molecule has 0 spiro atoms. The predicted octanol–water partition coefficient (Wildman–Crippen LogP) is 2.78. The number of hydrogen-bond acceptors (Lipinski definition) is 3. The third-order valence-corrected chi connectivity index (χ3v) is 5.12. The van der Waals surface area contributed by atoms with Crippen LogP contribution < -0.4 is 5.32 Å². The van der Waals surface area contributed by atoms with Gasteiger partial charge < -0.3 is 10.4 Å². The number of aromatic nitrogens is 1. The van der Waals surface area contributed by atoms with Gasteiger partial charge in [-0.15, -0.1) is 0 Å². The fraction of sp³-hybridized carbons (Fsp3) is 0.647. The van der Waals surface area contributed by atoms with Crippen LogP contribution in [0.25, 0.3) is 0 Å². The highest BCUT2D eigenvalue weighted by Crippen LogP contribution is 2.47. The third-order valence-electron chi connectivity index (χ3n) is 5.12. The molecule has 0 radical (unpaired) electrons. The third kappa shape index (κ3) is 3.88. The lowest BCUT2D eigenvalue weighted by Crippen LogP contribution is -2.48. The van der Waals surface area contributed by atoms with Crippen molar-refractivity contribution in [3.8, 4) is 0 Å². The van der Waals surface area contributed by atoms with Gasteiger partial charge >= 0.3 is 6.18 Å². The molecule has 1 aromatic heterocycles. The lowest BCUT2D eigenvalue weighted by atomic mass is 9.77. The highest BCUT2D eigenvalue weighted by Gasteiger charge is 2.48. The van der Waals surface area contributed by atoms with Gasteiger partial charge in [-0.25, -0.2) is 0 Å². The minimum absolute atomic E-state index is 0.0471. The molecule has 0 aromatic carbocycles. The number of rotatable bonds is 4. The highest BCUT2D eigenvalue weighted by molar-refractivity contribution is 5.82. The van der Waals surface area contributed by atoms with Gasteiger partial charge in [0.15, 0.2) is 0 Å². The van der Waals surface area contributed by atoms with E-state index in [1.807, 2.05) is 12.1 Å². The molecule has 2 fully saturated rings. The van der Waals surface area contributed by atoms with Crippen LogP contribution in [0.3, 0.4) is 0 Å². The van der Waals surface area contributed by atoms with Crippen LogP contribution in [0.5, 0.6) is 0 Å². The van der Waals surface area contributed by atoms with Crippen molar-refractivity contribution in [2.75, 3.05) is 6.54 Å². The molecule has 2 N–H and O–H groups in total. The van der Waals surface area contributed by atoms with Crippen LogP contribution in [0.1, 0.15) is 43.6 Å². The number of carbonyl (C=O) groups excluding carboxylic acids is 1. The molecule has 7 heteroatoms. The first-order valence-electron chi connectivity index (χ1n) is 8.25. The average Bonchev–Trinajstić information content (AvgIpc) is 3.33. The summed E-state index contributed by atoms with van der Waals surface area (Å²) in [7, 11) is 0. The fourth-order valence-corrected chi connectivity index (χ4v) is 3.61. The van der Waals surface area contributed by atoms with Gasteiger partial charge in [0.05, 0.1) is 11.5 Å². The van der Waals surface area contributed by atoms with Crippen LogP contribution >= 0.6 is 0 Å². The quantitative estimate of drug-likeness (QED) is 0.884. The highest BCUT2D eigenvalue weighted by atomic mass is 19.4. The lowest BCUT2D eigenvalue weighted by molar-refractivity contribution is -0.199. The number of hydrogen-bond donors (Lipinski definition) is 2. The minimum atomic E-state index is -4.29.